The summed E-state index contributed by atoms with van der Waals surface area (Å²) in [5.74, 6) is -1.01. The molecule has 5 nitrogen and oxygen atoms in total. The maximum absolute atomic E-state index is 11.7. The van der Waals surface area contributed by atoms with Gasteiger partial charge in [-0.25, -0.2) is 8.42 Å². The number of hydrogen-bond donors (Lipinski definition) is 2. The van der Waals surface area contributed by atoms with E-state index >= 15 is 0 Å². The van der Waals surface area contributed by atoms with Crippen molar-refractivity contribution in [3.63, 3.8) is 0 Å². The molecule has 1 amide bonds. The Bertz CT molecular complexity index is 500. The largest absolute Gasteiger partial charge is 0.349 e. The quantitative estimate of drug-likeness (QED) is 0.768. The van der Waals surface area contributed by atoms with Gasteiger partial charge in [0.2, 0.25) is 5.91 Å². The van der Waals surface area contributed by atoms with Crippen LogP contribution in [0, 0.1) is 0 Å². The molecule has 0 saturated carbocycles. The van der Waals surface area contributed by atoms with E-state index < -0.39 is 21.5 Å². The molecule has 0 bridgehead atoms. The first-order valence-electron chi connectivity index (χ1n) is 6.19. The molecule has 1 unspecified atom stereocenters. The van der Waals surface area contributed by atoms with Crippen LogP contribution in [0.15, 0.2) is 30.3 Å². The molecule has 0 saturated heterocycles. The Labute approximate surface area is 114 Å². The van der Waals surface area contributed by atoms with Crippen LogP contribution in [0.1, 0.15) is 24.9 Å². The second-order valence-corrected chi connectivity index (χ2v) is 6.62. The normalized spacial score (nSPS) is 12.9. The summed E-state index contributed by atoms with van der Waals surface area (Å²) in [4.78, 5) is 11.7. The second-order valence-electron chi connectivity index (χ2n) is 4.43. The molecule has 1 aromatic rings. The minimum atomic E-state index is -3.36. The number of benzene rings is 1. The van der Waals surface area contributed by atoms with Gasteiger partial charge in [-0.05, 0) is 25.5 Å². The molecule has 0 spiro atoms. The van der Waals surface area contributed by atoms with E-state index in [1.807, 2.05) is 37.3 Å². The maximum atomic E-state index is 11.7. The number of amides is 1. The molecule has 1 aromatic carbocycles. The van der Waals surface area contributed by atoms with Crippen LogP contribution in [0.2, 0.25) is 0 Å². The van der Waals surface area contributed by atoms with Crippen molar-refractivity contribution in [1.82, 2.24) is 5.32 Å². The van der Waals surface area contributed by atoms with E-state index in [2.05, 4.69) is 5.32 Å². The summed E-state index contributed by atoms with van der Waals surface area (Å²) in [7, 11) is -3.36. The maximum Gasteiger partial charge on any atom is 0.235 e. The molecule has 1 rings (SSSR count). The zero-order valence-electron chi connectivity index (χ0n) is 11.0. The summed E-state index contributed by atoms with van der Waals surface area (Å²) in [6.07, 6.45) is 0.379. The van der Waals surface area contributed by atoms with E-state index in [4.69, 9.17) is 5.73 Å². The first kappa shape index (κ1) is 15.7. The van der Waals surface area contributed by atoms with Gasteiger partial charge in [-0.15, -0.1) is 0 Å². The van der Waals surface area contributed by atoms with E-state index in [0.29, 0.717) is 13.0 Å². The van der Waals surface area contributed by atoms with Crippen molar-refractivity contribution in [2.24, 2.45) is 5.73 Å². The summed E-state index contributed by atoms with van der Waals surface area (Å²) in [5.41, 5.74) is 6.20. The average Bonchev–Trinajstić information content (AvgIpc) is 2.36. The smallest absolute Gasteiger partial charge is 0.235 e. The highest BCUT2D eigenvalue weighted by Crippen LogP contribution is 2.10. The van der Waals surface area contributed by atoms with E-state index in [-0.39, 0.29) is 11.8 Å². The predicted octanol–water partition coefficient (Wildman–Crippen LogP) is 0.627. The standard InChI is InChI=1S/C13H20N2O3S/c1-11(12-6-3-2-4-7-12)15-13(16)10-19(17,18)9-5-8-14/h2-4,6-7,11H,5,8-10,14H2,1H3,(H,15,16). The van der Waals surface area contributed by atoms with Crippen molar-refractivity contribution < 1.29 is 13.2 Å². The van der Waals surface area contributed by atoms with Gasteiger partial charge < -0.3 is 11.1 Å². The molecule has 1 atom stereocenters. The topological polar surface area (TPSA) is 89.3 Å². The van der Waals surface area contributed by atoms with Gasteiger partial charge in [0.15, 0.2) is 9.84 Å². The van der Waals surface area contributed by atoms with Crippen molar-refractivity contribution in [1.29, 1.82) is 0 Å². The van der Waals surface area contributed by atoms with Crippen molar-refractivity contribution in [3.8, 4) is 0 Å². The van der Waals surface area contributed by atoms with E-state index in [9.17, 15) is 13.2 Å². The first-order valence-corrected chi connectivity index (χ1v) is 8.01. The lowest BCUT2D eigenvalue weighted by Crippen LogP contribution is -2.33. The van der Waals surface area contributed by atoms with Crippen LogP contribution in [-0.4, -0.2) is 32.4 Å². The average molecular weight is 284 g/mol. The Hall–Kier alpha value is -1.40. The predicted molar refractivity (Wildman–Crippen MR) is 75.3 cm³/mol. The summed E-state index contributed by atoms with van der Waals surface area (Å²) >= 11 is 0. The Morgan fingerprint density at radius 2 is 1.95 bits per heavy atom. The number of nitrogens with two attached hydrogens (primary N) is 1. The third-order valence-electron chi connectivity index (χ3n) is 2.69. The molecule has 3 N–H and O–H groups in total. The molecule has 106 valence electrons. The molecule has 0 fully saturated rings. The zero-order chi connectivity index (χ0) is 14.3. The highest BCUT2D eigenvalue weighted by atomic mass is 32.2. The van der Waals surface area contributed by atoms with E-state index in [1.165, 1.54) is 0 Å². The third-order valence-corrected chi connectivity index (χ3v) is 4.30. The van der Waals surface area contributed by atoms with Gasteiger partial charge in [-0.2, -0.15) is 0 Å². The monoisotopic (exact) mass is 284 g/mol. The summed E-state index contributed by atoms with van der Waals surface area (Å²) in [5, 5.41) is 2.68. The molecule has 0 aliphatic heterocycles. The zero-order valence-corrected chi connectivity index (χ0v) is 11.8. The molecule has 0 heterocycles. The Morgan fingerprint density at radius 3 is 2.53 bits per heavy atom. The van der Waals surface area contributed by atoms with Crippen LogP contribution in [-0.2, 0) is 14.6 Å². The van der Waals surface area contributed by atoms with Crippen LogP contribution in [0.3, 0.4) is 0 Å². The van der Waals surface area contributed by atoms with Crippen LogP contribution < -0.4 is 11.1 Å². The van der Waals surface area contributed by atoms with Crippen molar-refractivity contribution in [2.45, 2.75) is 19.4 Å². The number of nitrogens with one attached hydrogen (secondary N) is 1. The minimum absolute atomic E-state index is 0.0450. The molecular weight excluding hydrogens is 264 g/mol. The number of carbonyl (C=O) groups is 1. The minimum Gasteiger partial charge on any atom is -0.349 e. The van der Waals surface area contributed by atoms with Gasteiger partial charge in [-0.3, -0.25) is 4.79 Å². The molecular formula is C13H20N2O3S. The Balaban J connectivity index is 2.52. The van der Waals surface area contributed by atoms with Crippen LogP contribution in [0.5, 0.6) is 0 Å². The number of carbonyl (C=O) groups excluding carboxylic acids is 1. The lowest BCUT2D eigenvalue weighted by Gasteiger charge is -2.14. The van der Waals surface area contributed by atoms with E-state index in [0.717, 1.165) is 5.56 Å². The van der Waals surface area contributed by atoms with Gasteiger partial charge >= 0.3 is 0 Å². The fraction of sp³-hybridized carbons (Fsp3) is 0.462. The Kier molecular flexibility index (Phi) is 5.98. The fourth-order valence-electron chi connectivity index (χ4n) is 1.68. The van der Waals surface area contributed by atoms with Crippen LogP contribution >= 0.6 is 0 Å². The lowest BCUT2D eigenvalue weighted by molar-refractivity contribution is -0.119. The Morgan fingerprint density at radius 1 is 1.32 bits per heavy atom. The van der Waals surface area contributed by atoms with Crippen LogP contribution in [0.4, 0.5) is 0 Å². The number of rotatable bonds is 7. The highest BCUT2D eigenvalue weighted by molar-refractivity contribution is 7.92. The fourth-order valence-corrected chi connectivity index (χ4v) is 2.92. The molecule has 0 aromatic heterocycles. The van der Waals surface area contributed by atoms with Gasteiger partial charge in [0.1, 0.15) is 5.75 Å². The van der Waals surface area contributed by atoms with Crippen molar-refractivity contribution >= 4 is 15.7 Å². The molecule has 6 heteroatoms. The first-order chi connectivity index (χ1) is 8.94. The summed E-state index contributed by atoms with van der Waals surface area (Å²) in [6.45, 7) is 2.13. The van der Waals surface area contributed by atoms with Gasteiger partial charge in [-0.1, -0.05) is 30.3 Å². The number of sulfone groups is 1. The summed E-state index contributed by atoms with van der Waals surface area (Å²) < 4.78 is 23.2. The molecule has 19 heavy (non-hydrogen) atoms. The molecule has 0 aliphatic rings. The lowest BCUT2D eigenvalue weighted by atomic mass is 10.1. The highest BCUT2D eigenvalue weighted by Gasteiger charge is 2.17. The third kappa shape index (κ3) is 5.85. The van der Waals surface area contributed by atoms with Crippen molar-refractivity contribution in [3.05, 3.63) is 35.9 Å². The SMILES string of the molecule is CC(NC(=O)CS(=O)(=O)CCCN)c1ccccc1. The van der Waals surface area contributed by atoms with Gasteiger partial charge in [0.25, 0.3) is 0 Å². The van der Waals surface area contributed by atoms with Gasteiger partial charge in [0.05, 0.1) is 11.8 Å². The number of hydrogen-bond acceptors (Lipinski definition) is 4. The molecule has 0 radical (unpaired) electrons. The molecule has 0 aliphatic carbocycles. The van der Waals surface area contributed by atoms with Crippen LogP contribution in [0.25, 0.3) is 0 Å². The van der Waals surface area contributed by atoms with Gasteiger partial charge in [0, 0.05) is 0 Å². The van der Waals surface area contributed by atoms with E-state index in [1.54, 1.807) is 0 Å². The second kappa shape index (κ2) is 7.25. The summed E-state index contributed by atoms with van der Waals surface area (Å²) in [6, 6.07) is 9.18. The van der Waals surface area contributed by atoms with Crippen molar-refractivity contribution in [2.75, 3.05) is 18.1 Å².